The highest BCUT2D eigenvalue weighted by Crippen LogP contribution is 2.23. The smallest absolute Gasteiger partial charge is 0.407 e. The van der Waals surface area contributed by atoms with Crippen molar-refractivity contribution >= 4 is 22.0 Å². The number of para-hydroxylation sites is 1. The highest BCUT2D eigenvalue weighted by Gasteiger charge is 2.05. The molecule has 0 aliphatic heterocycles. The van der Waals surface area contributed by atoms with Crippen LogP contribution in [-0.2, 0) is 0 Å². The minimum Gasteiger partial charge on any atom is -0.491 e. The van der Waals surface area contributed by atoms with E-state index in [0.29, 0.717) is 13.2 Å². The number of carboxylic acid groups (broad SMARTS) is 1. The van der Waals surface area contributed by atoms with E-state index in [2.05, 4.69) is 15.9 Å². The maximum absolute atomic E-state index is 10.5. The molecule has 4 nitrogen and oxygen atoms in total. The predicted octanol–water partition coefficient (Wildman–Crippen LogP) is 2.44. The van der Waals surface area contributed by atoms with E-state index in [9.17, 15) is 4.79 Å². The zero-order chi connectivity index (χ0) is 11.3. The molecule has 0 spiro atoms. The zero-order valence-corrected chi connectivity index (χ0v) is 9.90. The average molecular weight is 274 g/mol. The summed E-state index contributed by atoms with van der Waals surface area (Å²) in [5.41, 5.74) is 0. The van der Waals surface area contributed by atoms with Crippen LogP contribution in [0.1, 0.15) is 0 Å². The Balaban J connectivity index is 2.38. The fraction of sp³-hybridized carbons (Fsp3) is 0.300. The molecule has 0 atom stereocenters. The Hall–Kier alpha value is -1.23. The molecular formula is C10H12BrNO3. The first-order chi connectivity index (χ1) is 7.11. The van der Waals surface area contributed by atoms with Crippen molar-refractivity contribution in [1.82, 2.24) is 4.90 Å². The largest absolute Gasteiger partial charge is 0.491 e. The number of hydrogen-bond donors (Lipinski definition) is 1. The number of ether oxygens (including phenoxy) is 1. The average Bonchev–Trinajstić information content (AvgIpc) is 2.20. The molecule has 82 valence electrons. The highest BCUT2D eigenvalue weighted by atomic mass is 79.9. The van der Waals surface area contributed by atoms with Gasteiger partial charge in [-0.2, -0.15) is 0 Å². The van der Waals surface area contributed by atoms with Gasteiger partial charge in [0.15, 0.2) is 0 Å². The van der Waals surface area contributed by atoms with E-state index in [1.54, 1.807) is 0 Å². The van der Waals surface area contributed by atoms with Gasteiger partial charge >= 0.3 is 6.09 Å². The summed E-state index contributed by atoms with van der Waals surface area (Å²) in [6.45, 7) is 0.683. The molecule has 1 aromatic rings. The molecule has 1 aromatic carbocycles. The van der Waals surface area contributed by atoms with E-state index >= 15 is 0 Å². The third kappa shape index (κ3) is 3.79. The number of rotatable bonds is 4. The number of halogens is 1. The van der Waals surface area contributed by atoms with Gasteiger partial charge in [0.05, 0.1) is 11.0 Å². The summed E-state index contributed by atoms with van der Waals surface area (Å²) in [6, 6.07) is 7.45. The fourth-order valence-electron chi connectivity index (χ4n) is 0.950. The van der Waals surface area contributed by atoms with Crippen LogP contribution >= 0.6 is 15.9 Å². The van der Waals surface area contributed by atoms with Gasteiger partial charge in [-0.15, -0.1) is 0 Å². The number of amides is 1. The van der Waals surface area contributed by atoms with Crippen LogP contribution in [0.25, 0.3) is 0 Å². The lowest BCUT2D eigenvalue weighted by atomic mass is 10.3. The first-order valence-electron chi connectivity index (χ1n) is 4.42. The molecule has 0 unspecified atom stereocenters. The lowest BCUT2D eigenvalue weighted by Gasteiger charge is -2.13. The molecular weight excluding hydrogens is 262 g/mol. The maximum atomic E-state index is 10.5. The second-order valence-electron chi connectivity index (χ2n) is 2.98. The summed E-state index contributed by atoms with van der Waals surface area (Å²) in [5.74, 6) is 0.719. The molecule has 0 aliphatic rings. The van der Waals surface area contributed by atoms with Crippen LogP contribution in [0.4, 0.5) is 4.79 Å². The number of carbonyl (C=O) groups is 1. The maximum Gasteiger partial charge on any atom is 0.407 e. The van der Waals surface area contributed by atoms with Crippen LogP contribution < -0.4 is 4.74 Å². The Kier molecular flexibility index (Phi) is 4.42. The van der Waals surface area contributed by atoms with Crippen molar-refractivity contribution in [3.63, 3.8) is 0 Å². The van der Waals surface area contributed by atoms with Gasteiger partial charge in [-0.25, -0.2) is 4.79 Å². The van der Waals surface area contributed by atoms with Crippen LogP contribution in [0.5, 0.6) is 5.75 Å². The van der Waals surface area contributed by atoms with Crippen molar-refractivity contribution in [2.24, 2.45) is 0 Å². The van der Waals surface area contributed by atoms with Crippen molar-refractivity contribution in [3.8, 4) is 5.75 Å². The van der Waals surface area contributed by atoms with Gasteiger partial charge in [0.1, 0.15) is 12.4 Å². The highest BCUT2D eigenvalue weighted by molar-refractivity contribution is 9.10. The van der Waals surface area contributed by atoms with Crippen molar-refractivity contribution in [2.45, 2.75) is 0 Å². The standard InChI is InChI=1S/C10H12BrNO3/c1-12(10(13)14)6-7-15-9-5-3-2-4-8(9)11/h2-5H,6-7H2,1H3,(H,13,14). The minimum absolute atomic E-state index is 0.339. The molecule has 0 bridgehead atoms. The first-order valence-corrected chi connectivity index (χ1v) is 5.22. The molecule has 0 saturated carbocycles. The molecule has 0 fully saturated rings. The van der Waals surface area contributed by atoms with Gasteiger partial charge in [0, 0.05) is 7.05 Å². The Morgan fingerprint density at radius 2 is 2.20 bits per heavy atom. The number of nitrogens with zero attached hydrogens (tertiary/aromatic N) is 1. The van der Waals surface area contributed by atoms with Gasteiger partial charge in [0.2, 0.25) is 0 Å². The minimum atomic E-state index is -0.953. The van der Waals surface area contributed by atoms with Gasteiger partial charge < -0.3 is 14.7 Å². The SMILES string of the molecule is CN(CCOc1ccccc1Br)C(=O)O. The predicted molar refractivity (Wildman–Crippen MR) is 60.3 cm³/mol. The van der Waals surface area contributed by atoms with E-state index in [1.807, 2.05) is 24.3 Å². The van der Waals surface area contributed by atoms with Crippen molar-refractivity contribution in [3.05, 3.63) is 28.7 Å². The second kappa shape index (κ2) is 5.60. The molecule has 1 rings (SSSR count). The van der Waals surface area contributed by atoms with E-state index in [1.165, 1.54) is 11.9 Å². The molecule has 15 heavy (non-hydrogen) atoms. The van der Waals surface area contributed by atoms with E-state index in [0.717, 1.165) is 10.2 Å². The number of likely N-dealkylation sites (N-methyl/N-ethyl adjacent to an activating group) is 1. The topological polar surface area (TPSA) is 49.8 Å². The van der Waals surface area contributed by atoms with E-state index in [4.69, 9.17) is 9.84 Å². The molecule has 1 N–H and O–H groups in total. The van der Waals surface area contributed by atoms with Crippen LogP contribution in [0.3, 0.4) is 0 Å². The normalized spacial score (nSPS) is 9.73. The summed E-state index contributed by atoms with van der Waals surface area (Å²) >= 11 is 3.34. The Bertz CT molecular complexity index is 343. The van der Waals surface area contributed by atoms with Crippen molar-refractivity contribution < 1.29 is 14.6 Å². The number of hydrogen-bond acceptors (Lipinski definition) is 2. The van der Waals surface area contributed by atoms with Gasteiger partial charge in [-0.05, 0) is 28.1 Å². The van der Waals surface area contributed by atoms with Crippen LogP contribution in [0.2, 0.25) is 0 Å². The Morgan fingerprint density at radius 1 is 1.53 bits per heavy atom. The summed E-state index contributed by atoms with van der Waals surface area (Å²) in [7, 11) is 1.51. The fourth-order valence-corrected chi connectivity index (χ4v) is 1.35. The molecule has 0 saturated heterocycles. The molecule has 1 amide bonds. The summed E-state index contributed by atoms with van der Waals surface area (Å²) < 4.78 is 6.27. The summed E-state index contributed by atoms with van der Waals surface area (Å²) in [5, 5.41) is 8.59. The van der Waals surface area contributed by atoms with Crippen LogP contribution in [0, 0.1) is 0 Å². The summed E-state index contributed by atoms with van der Waals surface area (Å²) in [6.07, 6.45) is -0.953. The monoisotopic (exact) mass is 273 g/mol. The lowest BCUT2D eigenvalue weighted by Crippen LogP contribution is -2.29. The molecule has 0 heterocycles. The van der Waals surface area contributed by atoms with E-state index in [-0.39, 0.29) is 0 Å². The Labute approximate surface area is 96.6 Å². The Morgan fingerprint density at radius 3 is 2.80 bits per heavy atom. The van der Waals surface area contributed by atoms with Gasteiger partial charge in [-0.1, -0.05) is 12.1 Å². The molecule has 0 aliphatic carbocycles. The van der Waals surface area contributed by atoms with Gasteiger partial charge in [-0.3, -0.25) is 0 Å². The van der Waals surface area contributed by atoms with E-state index < -0.39 is 6.09 Å². The third-order valence-electron chi connectivity index (χ3n) is 1.85. The summed E-state index contributed by atoms with van der Waals surface area (Å²) in [4.78, 5) is 11.6. The van der Waals surface area contributed by atoms with Gasteiger partial charge in [0.25, 0.3) is 0 Å². The van der Waals surface area contributed by atoms with Crippen LogP contribution in [0.15, 0.2) is 28.7 Å². The first kappa shape index (κ1) is 11.8. The molecule has 0 aromatic heterocycles. The van der Waals surface area contributed by atoms with Crippen molar-refractivity contribution in [1.29, 1.82) is 0 Å². The zero-order valence-electron chi connectivity index (χ0n) is 8.31. The third-order valence-corrected chi connectivity index (χ3v) is 2.50. The van der Waals surface area contributed by atoms with Crippen LogP contribution in [-0.4, -0.2) is 36.3 Å². The quantitative estimate of drug-likeness (QED) is 0.917. The molecule has 0 radical (unpaired) electrons. The lowest BCUT2D eigenvalue weighted by molar-refractivity contribution is 0.147. The second-order valence-corrected chi connectivity index (χ2v) is 3.84. The molecule has 5 heteroatoms. The number of benzene rings is 1. The van der Waals surface area contributed by atoms with Crippen molar-refractivity contribution in [2.75, 3.05) is 20.2 Å².